The van der Waals surface area contributed by atoms with Crippen LogP contribution >= 0.6 is 0 Å². The van der Waals surface area contributed by atoms with Crippen molar-refractivity contribution in [1.29, 1.82) is 0 Å². The highest BCUT2D eigenvalue weighted by Gasteiger charge is 2.53. The molecule has 2 aliphatic rings. The van der Waals surface area contributed by atoms with Crippen molar-refractivity contribution in [3.05, 3.63) is 59.7 Å². The summed E-state index contributed by atoms with van der Waals surface area (Å²) in [5.74, 6) is -3.46. The summed E-state index contributed by atoms with van der Waals surface area (Å²) in [7, 11) is 0. The van der Waals surface area contributed by atoms with E-state index in [4.69, 9.17) is 0 Å². The number of nitrogens with one attached hydrogen (secondary N) is 1. The first-order chi connectivity index (χ1) is 13.3. The lowest BCUT2D eigenvalue weighted by Crippen LogP contribution is -2.63. The Morgan fingerprint density at radius 1 is 1.14 bits per heavy atom. The molecule has 6 nitrogen and oxygen atoms in total. The van der Waals surface area contributed by atoms with Crippen LogP contribution in [-0.2, 0) is 9.59 Å². The average Bonchev–Trinajstić information content (AvgIpc) is 2.98. The minimum absolute atomic E-state index is 0.135. The fourth-order valence-electron chi connectivity index (χ4n) is 3.87. The van der Waals surface area contributed by atoms with E-state index < -0.39 is 29.7 Å². The first-order valence-corrected chi connectivity index (χ1v) is 8.81. The fraction of sp³-hybridized carbons (Fsp3) is 0.250. The molecule has 2 aromatic carbocycles. The molecule has 0 aromatic heterocycles. The van der Waals surface area contributed by atoms with E-state index >= 15 is 0 Å². The molecule has 0 radical (unpaired) electrons. The Bertz CT molecular complexity index is 1010. The number of carbonyl (C=O) groups is 3. The van der Waals surface area contributed by atoms with Crippen LogP contribution in [0.1, 0.15) is 30.1 Å². The van der Waals surface area contributed by atoms with E-state index in [0.717, 1.165) is 6.07 Å². The van der Waals surface area contributed by atoms with Crippen LogP contribution in [0.5, 0.6) is 0 Å². The normalized spacial score (nSPS) is 20.8. The molecule has 0 spiro atoms. The van der Waals surface area contributed by atoms with Gasteiger partial charge in [0.15, 0.2) is 11.6 Å². The summed E-state index contributed by atoms with van der Waals surface area (Å²) in [5, 5.41) is 2.30. The number of nitrogens with zero attached hydrogens (tertiary/aromatic N) is 2. The van der Waals surface area contributed by atoms with Crippen molar-refractivity contribution in [1.82, 2.24) is 4.90 Å². The fourth-order valence-corrected chi connectivity index (χ4v) is 3.87. The number of hydrogen-bond acceptors (Lipinski definition) is 3. The third-order valence-electron chi connectivity index (χ3n) is 5.27. The van der Waals surface area contributed by atoms with Gasteiger partial charge < -0.3 is 10.2 Å². The first kappa shape index (κ1) is 18.1. The molecular weight excluding hydrogens is 368 g/mol. The molecule has 1 saturated heterocycles. The lowest BCUT2D eigenvalue weighted by atomic mass is 9.98. The summed E-state index contributed by atoms with van der Waals surface area (Å²) in [6.45, 7) is 1.32. The Hall–Kier alpha value is -3.29. The monoisotopic (exact) mass is 385 g/mol. The topological polar surface area (TPSA) is 69.7 Å². The number of rotatable bonds is 3. The van der Waals surface area contributed by atoms with Gasteiger partial charge in [0.1, 0.15) is 12.2 Å². The summed E-state index contributed by atoms with van der Waals surface area (Å²) in [5.41, 5.74) is -0.468. The van der Waals surface area contributed by atoms with Crippen LogP contribution in [0.3, 0.4) is 0 Å². The third-order valence-corrected chi connectivity index (χ3v) is 5.27. The van der Waals surface area contributed by atoms with E-state index in [1.54, 1.807) is 36.1 Å². The molecule has 144 valence electrons. The number of para-hydroxylation sites is 1. The second kappa shape index (κ2) is 6.40. The molecule has 0 aliphatic carbocycles. The van der Waals surface area contributed by atoms with Gasteiger partial charge in [0.25, 0.3) is 5.91 Å². The van der Waals surface area contributed by atoms with Gasteiger partial charge in [-0.05, 0) is 37.6 Å². The maximum atomic E-state index is 13.8. The van der Waals surface area contributed by atoms with Crippen LogP contribution in [0.2, 0.25) is 0 Å². The van der Waals surface area contributed by atoms with E-state index in [9.17, 15) is 23.2 Å². The van der Waals surface area contributed by atoms with Gasteiger partial charge in [0.05, 0.1) is 16.9 Å². The highest BCUT2D eigenvalue weighted by Crippen LogP contribution is 2.43. The number of benzene rings is 2. The first-order valence-electron chi connectivity index (χ1n) is 8.81. The van der Waals surface area contributed by atoms with E-state index in [-0.39, 0.29) is 23.9 Å². The van der Waals surface area contributed by atoms with Gasteiger partial charge in [-0.25, -0.2) is 8.78 Å². The molecule has 0 saturated carbocycles. The smallest absolute Gasteiger partial charge is 0.258 e. The Balaban J connectivity index is 1.65. The predicted molar refractivity (Wildman–Crippen MR) is 97.6 cm³/mol. The number of anilines is 2. The van der Waals surface area contributed by atoms with Gasteiger partial charge in [-0.2, -0.15) is 0 Å². The van der Waals surface area contributed by atoms with E-state index in [1.807, 2.05) is 0 Å². The molecule has 2 heterocycles. The highest BCUT2D eigenvalue weighted by molar-refractivity contribution is 6.11. The number of hydrogen-bond donors (Lipinski definition) is 1. The quantitative estimate of drug-likeness (QED) is 0.883. The maximum Gasteiger partial charge on any atom is 0.258 e. The minimum atomic E-state index is -1.17. The number of carbonyl (C=O) groups excluding carboxylic acids is 3. The maximum absolute atomic E-state index is 13.8. The summed E-state index contributed by atoms with van der Waals surface area (Å²) >= 11 is 0. The van der Waals surface area contributed by atoms with Gasteiger partial charge in [-0.15, -0.1) is 0 Å². The van der Waals surface area contributed by atoms with Gasteiger partial charge in [0, 0.05) is 6.42 Å². The van der Waals surface area contributed by atoms with Crippen molar-refractivity contribution in [3.63, 3.8) is 0 Å². The van der Waals surface area contributed by atoms with E-state index in [2.05, 4.69) is 5.32 Å². The molecule has 3 amide bonds. The lowest BCUT2D eigenvalue weighted by molar-refractivity contribution is -0.120. The van der Waals surface area contributed by atoms with Gasteiger partial charge in [-0.1, -0.05) is 18.2 Å². The summed E-state index contributed by atoms with van der Waals surface area (Å²) < 4.78 is 27.2. The molecule has 1 unspecified atom stereocenters. The van der Waals surface area contributed by atoms with Crippen LogP contribution in [0, 0.1) is 11.6 Å². The standard InChI is InChI=1S/C20H17F2N3O3/c1-20-10-9-17(27)25(20)15-8-3-2-5-12(15)19(28)24(20)11-16(26)23-14-7-4-6-13(21)18(14)22/h2-8H,9-11H2,1H3,(H,23,26). The molecule has 1 atom stereocenters. The molecule has 28 heavy (non-hydrogen) atoms. The molecule has 2 aliphatic heterocycles. The van der Waals surface area contributed by atoms with Crippen molar-refractivity contribution in [2.24, 2.45) is 0 Å². The second-order valence-electron chi connectivity index (χ2n) is 7.00. The van der Waals surface area contributed by atoms with Crippen molar-refractivity contribution in [3.8, 4) is 0 Å². The number of amides is 3. The summed E-state index contributed by atoms with van der Waals surface area (Å²) in [6.07, 6.45) is 0.613. The zero-order valence-electron chi connectivity index (χ0n) is 15.0. The minimum Gasteiger partial charge on any atom is -0.322 e. The van der Waals surface area contributed by atoms with Gasteiger partial charge in [-0.3, -0.25) is 19.3 Å². The van der Waals surface area contributed by atoms with Crippen molar-refractivity contribution in [2.75, 3.05) is 16.8 Å². The number of fused-ring (bicyclic) bond motifs is 3. The van der Waals surface area contributed by atoms with Crippen molar-refractivity contribution >= 4 is 29.1 Å². The predicted octanol–water partition coefficient (Wildman–Crippen LogP) is 2.90. The lowest BCUT2D eigenvalue weighted by Gasteiger charge is -2.48. The largest absolute Gasteiger partial charge is 0.322 e. The molecule has 4 rings (SSSR count). The molecular formula is C20H17F2N3O3. The summed E-state index contributed by atoms with van der Waals surface area (Å²) in [4.78, 5) is 40.9. The van der Waals surface area contributed by atoms with Crippen LogP contribution < -0.4 is 10.2 Å². The summed E-state index contributed by atoms with van der Waals surface area (Å²) in [6, 6.07) is 10.2. The highest BCUT2D eigenvalue weighted by atomic mass is 19.2. The Morgan fingerprint density at radius 3 is 2.68 bits per heavy atom. The molecule has 1 N–H and O–H groups in total. The molecule has 2 aromatic rings. The zero-order valence-corrected chi connectivity index (χ0v) is 15.0. The van der Waals surface area contributed by atoms with Gasteiger partial charge >= 0.3 is 0 Å². The van der Waals surface area contributed by atoms with Gasteiger partial charge in [0.2, 0.25) is 11.8 Å². The van der Waals surface area contributed by atoms with Crippen LogP contribution in [-0.4, -0.2) is 34.8 Å². The Kier molecular flexibility index (Phi) is 4.14. The Morgan fingerprint density at radius 2 is 1.89 bits per heavy atom. The Labute approximate surface area is 159 Å². The van der Waals surface area contributed by atoms with Crippen molar-refractivity contribution in [2.45, 2.75) is 25.4 Å². The zero-order chi connectivity index (χ0) is 20.1. The van der Waals surface area contributed by atoms with E-state index in [0.29, 0.717) is 17.7 Å². The van der Waals surface area contributed by atoms with E-state index in [1.165, 1.54) is 17.0 Å². The molecule has 8 heteroatoms. The van der Waals surface area contributed by atoms with Crippen molar-refractivity contribution < 1.29 is 23.2 Å². The second-order valence-corrected chi connectivity index (χ2v) is 7.00. The van der Waals surface area contributed by atoms with Crippen LogP contribution in [0.4, 0.5) is 20.2 Å². The van der Waals surface area contributed by atoms with Crippen LogP contribution in [0.25, 0.3) is 0 Å². The third kappa shape index (κ3) is 2.64. The number of halogens is 2. The molecule has 1 fully saturated rings. The SMILES string of the molecule is CC12CCC(=O)N1c1ccccc1C(=O)N2CC(=O)Nc1cccc(F)c1F. The average molecular weight is 385 g/mol. The van der Waals surface area contributed by atoms with Crippen LogP contribution in [0.15, 0.2) is 42.5 Å². The molecule has 0 bridgehead atoms.